The molecule has 0 aliphatic carbocycles. The molecule has 1 aromatic heterocycles. The molecule has 1 aromatic carbocycles. The highest BCUT2D eigenvalue weighted by Gasteiger charge is 2.39. The average Bonchev–Trinajstić information content (AvgIpc) is 2.69. The number of amides is 1. The molecule has 1 fully saturated rings. The van der Waals surface area contributed by atoms with Crippen molar-refractivity contribution in [2.75, 3.05) is 26.8 Å². The number of carbonyl (C=O) groups excluding carboxylic acids is 1. The van der Waals surface area contributed by atoms with Crippen LogP contribution in [0.25, 0.3) is 0 Å². The number of nitrogens with one attached hydrogen (secondary N) is 2. The van der Waals surface area contributed by atoms with E-state index in [2.05, 4.69) is 15.6 Å². The number of methoxy groups -OCH3 is 1. The first-order valence-electron chi connectivity index (χ1n) is 8.98. The third-order valence-corrected chi connectivity index (χ3v) is 4.75. The summed E-state index contributed by atoms with van der Waals surface area (Å²) in [4.78, 5) is 17.0. The van der Waals surface area contributed by atoms with Crippen molar-refractivity contribution in [3.05, 3.63) is 54.0 Å². The molecule has 2 aromatic rings. The summed E-state index contributed by atoms with van der Waals surface area (Å²) >= 11 is 0. The lowest BCUT2D eigenvalue weighted by Crippen LogP contribution is -2.49. The van der Waals surface area contributed by atoms with E-state index in [1.54, 1.807) is 19.4 Å². The van der Waals surface area contributed by atoms with Gasteiger partial charge in [0.1, 0.15) is 11.6 Å². The predicted molar refractivity (Wildman–Crippen MR) is 99.0 cm³/mol. The molecule has 27 heavy (non-hydrogen) atoms. The Bertz CT molecular complexity index is 756. The number of rotatable bonds is 7. The van der Waals surface area contributed by atoms with Gasteiger partial charge in [0.15, 0.2) is 0 Å². The Kier molecular flexibility index (Phi) is 6.36. The molecule has 7 heteroatoms. The number of carbonyl (C=O) groups is 1. The van der Waals surface area contributed by atoms with Crippen molar-refractivity contribution in [3.63, 3.8) is 0 Å². The summed E-state index contributed by atoms with van der Waals surface area (Å²) in [7, 11) is 1.62. The van der Waals surface area contributed by atoms with Crippen LogP contribution < -0.4 is 15.4 Å². The van der Waals surface area contributed by atoms with Crippen LogP contribution in [0.3, 0.4) is 0 Å². The molecule has 0 radical (unpaired) electrons. The molecule has 1 aliphatic rings. The summed E-state index contributed by atoms with van der Waals surface area (Å²) in [5.41, 5.74) is 0.387. The van der Waals surface area contributed by atoms with Crippen LogP contribution in [0.15, 0.2) is 42.6 Å². The van der Waals surface area contributed by atoms with Crippen LogP contribution >= 0.6 is 0 Å². The number of pyridine rings is 1. The van der Waals surface area contributed by atoms with Crippen LogP contribution in [0.5, 0.6) is 11.6 Å². The largest absolute Gasteiger partial charge is 0.439 e. The quantitative estimate of drug-likeness (QED) is 0.781. The van der Waals surface area contributed by atoms with Gasteiger partial charge in [-0.15, -0.1) is 0 Å². The maximum absolute atomic E-state index is 13.0. The molecule has 0 spiro atoms. The number of piperidine rings is 1. The highest BCUT2D eigenvalue weighted by molar-refractivity contribution is 5.83. The molecular formula is C20H24FN3O3. The van der Waals surface area contributed by atoms with Gasteiger partial charge in [0.25, 0.3) is 0 Å². The maximum Gasteiger partial charge on any atom is 0.228 e. The fourth-order valence-electron chi connectivity index (χ4n) is 3.23. The van der Waals surface area contributed by atoms with Crippen molar-refractivity contribution in [1.29, 1.82) is 0 Å². The van der Waals surface area contributed by atoms with Crippen LogP contribution in [-0.4, -0.2) is 37.7 Å². The molecule has 1 amide bonds. The third kappa shape index (κ3) is 5.02. The summed E-state index contributed by atoms with van der Waals surface area (Å²) in [5, 5.41) is 6.29. The van der Waals surface area contributed by atoms with Gasteiger partial charge in [-0.05, 0) is 61.8 Å². The van der Waals surface area contributed by atoms with E-state index in [9.17, 15) is 9.18 Å². The molecule has 0 saturated carbocycles. The van der Waals surface area contributed by atoms with Gasteiger partial charge in [-0.25, -0.2) is 9.37 Å². The molecule has 3 rings (SSSR count). The SMILES string of the molecule is COCC1(C(=O)NCc2ccnc(Oc3ccc(F)cc3)c2)CCNCC1. The lowest BCUT2D eigenvalue weighted by molar-refractivity contribution is -0.136. The first kappa shape index (κ1) is 19.3. The first-order valence-corrected chi connectivity index (χ1v) is 8.98. The van der Waals surface area contributed by atoms with Gasteiger partial charge in [0, 0.05) is 25.9 Å². The van der Waals surface area contributed by atoms with E-state index in [4.69, 9.17) is 9.47 Å². The van der Waals surface area contributed by atoms with Crippen LogP contribution in [0.1, 0.15) is 18.4 Å². The highest BCUT2D eigenvalue weighted by Crippen LogP contribution is 2.29. The van der Waals surface area contributed by atoms with E-state index in [1.165, 1.54) is 24.3 Å². The normalized spacial score (nSPS) is 15.9. The third-order valence-electron chi connectivity index (χ3n) is 4.75. The Morgan fingerprint density at radius 3 is 2.70 bits per heavy atom. The van der Waals surface area contributed by atoms with E-state index >= 15 is 0 Å². The number of nitrogens with zero attached hydrogens (tertiary/aromatic N) is 1. The minimum Gasteiger partial charge on any atom is -0.439 e. The van der Waals surface area contributed by atoms with Crippen molar-refractivity contribution >= 4 is 5.91 Å². The zero-order chi connectivity index (χ0) is 19.1. The van der Waals surface area contributed by atoms with E-state index in [1.807, 2.05) is 6.07 Å². The van der Waals surface area contributed by atoms with E-state index in [0.29, 0.717) is 24.8 Å². The molecule has 0 unspecified atom stereocenters. The number of halogens is 1. The van der Waals surface area contributed by atoms with Crippen molar-refractivity contribution in [2.45, 2.75) is 19.4 Å². The van der Waals surface area contributed by atoms with Crippen LogP contribution in [-0.2, 0) is 16.1 Å². The number of benzene rings is 1. The molecule has 0 bridgehead atoms. The summed E-state index contributed by atoms with van der Waals surface area (Å²) in [6.07, 6.45) is 3.12. The smallest absolute Gasteiger partial charge is 0.228 e. The predicted octanol–water partition coefficient (Wildman–Crippen LogP) is 2.65. The standard InChI is InChI=1S/C20H24FN3O3/c1-26-14-20(7-10-22-11-8-20)19(25)24-13-15-6-9-23-18(12-15)27-17-4-2-16(21)3-5-17/h2-6,9,12,22H,7-8,10-11,13-14H2,1H3,(H,24,25). The lowest BCUT2D eigenvalue weighted by Gasteiger charge is -2.35. The molecular weight excluding hydrogens is 349 g/mol. The second-order valence-corrected chi connectivity index (χ2v) is 6.70. The number of hydrogen-bond acceptors (Lipinski definition) is 5. The number of aromatic nitrogens is 1. The maximum atomic E-state index is 13.0. The highest BCUT2D eigenvalue weighted by atomic mass is 19.1. The van der Waals surface area contributed by atoms with Gasteiger partial charge in [0.2, 0.25) is 11.8 Å². The second-order valence-electron chi connectivity index (χ2n) is 6.70. The van der Waals surface area contributed by atoms with Crippen LogP contribution in [0.2, 0.25) is 0 Å². The van der Waals surface area contributed by atoms with E-state index in [-0.39, 0.29) is 11.7 Å². The van der Waals surface area contributed by atoms with Gasteiger partial charge in [-0.3, -0.25) is 4.79 Å². The monoisotopic (exact) mass is 373 g/mol. The van der Waals surface area contributed by atoms with E-state index in [0.717, 1.165) is 31.5 Å². The fraction of sp³-hybridized carbons (Fsp3) is 0.400. The molecule has 1 saturated heterocycles. The minimum atomic E-state index is -0.486. The number of ether oxygens (including phenoxy) is 2. The Labute approximate surface area is 158 Å². The minimum absolute atomic E-state index is 0.00339. The van der Waals surface area contributed by atoms with Gasteiger partial charge >= 0.3 is 0 Å². The lowest BCUT2D eigenvalue weighted by atomic mass is 9.78. The summed E-state index contributed by atoms with van der Waals surface area (Å²) in [6, 6.07) is 9.31. The first-order chi connectivity index (χ1) is 13.1. The van der Waals surface area contributed by atoms with Crippen molar-refractivity contribution in [3.8, 4) is 11.6 Å². The molecule has 144 valence electrons. The van der Waals surface area contributed by atoms with Crippen molar-refractivity contribution < 1.29 is 18.7 Å². The molecule has 2 heterocycles. The molecule has 6 nitrogen and oxygen atoms in total. The average molecular weight is 373 g/mol. The summed E-state index contributed by atoms with van der Waals surface area (Å²) in [5.74, 6) is 0.569. The van der Waals surface area contributed by atoms with Crippen LogP contribution in [0.4, 0.5) is 4.39 Å². The van der Waals surface area contributed by atoms with Gasteiger partial charge < -0.3 is 20.1 Å². The topological polar surface area (TPSA) is 72.5 Å². The summed E-state index contributed by atoms with van der Waals surface area (Å²) < 4.78 is 23.9. The Balaban J connectivity index is 1.62. The Morgan fingerprint density at radius 2 is 2.00 bits per heavy atom. The van der Waals surface area contributed by atoms with E-state index < -0.39 is 5.41 Å². The van der Waals surface area contributed by atoms with Gasteiger partial charge in [0.05, 0.1) is 12.0 Å². The van der Waals surface area contributed by atoms with Gasteiger partial charge in [-0.1, -0.05) is 0 Å². The zero-order valence-corrected chi connectivity index (χ0v) is 15.3. The van der Waals surface area contributed by atoms with Crippen molar-refractivity contribution in [1.82, 2.24) is 15.6 Å². The Morgan fingerprint density at radius 1 is 1.26 bits per heavy atom. The fourth-order valence-corrected chi connectivity index (χ4v) is 3.23. The van der Waals surface area contributed by atoms with Crippen LogP contribution in [0, 0.1) is 11.2 Å². The molecule has 0 atom stereocenters. The summed E-state index contributed by atoms with van der Waals surface area (Å²) in [6.45, 7) is 2.40. The Hall–Kier alpha value is -2.51. The zero-order valence-electron chi connectivity index (χ0n) is 15.3. The van der Waals surface area contributed by atoms with Gasteiger partial charge in [-0.2, -0.15) is 0 Å². The molecule has 2 N–H and O–H groups in total. The molecule has 1 aliphatic heterocycles. The second kappa shape index (κ2) is 8.92. The number of hydrogen-bond donors (Lipinski definition) is 2. The van der Waals surface area contributed by atoms with Crippen molar-refractivity contribution in [2.24, 2.45) is 5.41 Å².